The van der Waals surface area contributed by atoms with E-state index in [1.165, 1.54) is 0 Å². The van der Waals surface area contributed by atoms with Crippen molar-refractivity contribution in [2.45, 2.75) is 24.7 Å². The second-order valence-electron chi connectivity index (χ2n) is 2.77. The van der Waals surface area contributed by atoms with E-state index in [-0.39, 0.29) is 15.6 Å². The summed E-state index contributed by atoms with van der Waals surface area (Å²) in [5, 5.41) is 4.42. The minimum absolute atomic E-state index is 0.0560. The predicted octanol–water partition coefficient (Wildman–Crippen LogP) is 1.23. The fraction of sp³-hybridized carbons (Fsp3) is 0.500. The second kappa shape index (κ2) is 5.31. The molecule has 78 valence electrons. The van der Waals surface area contributed by atoms with E-state index in [1.54, 1.807) is 5.38 Å². The molecule has 1 aromatic rings. The SMILES string of the molecule is CCC(Br)C(=O)NCc1csc(=O)[nH]1. The second-order valence-corrected chi connectivity index (χ2v) is 4.71. The van der Waals surface area contributed by atoms with Crippen LogP contribution in [0.25, 0.3) is 0 Å². The van der Waals surface area contributed by atoms with Crippen LogP contribution in [-0.2, 0) is 11.3 Å². The molecule has 0 radical (unpaired) electrons. The zero-order chi connectivity index (χ0) is 10.6. The number of alkyl halides is 1. The lowest BCUT2D eigenvalue weighted by molar-refractivity contribution is -0.120. The van der Waals surface area contributed by atoms with Gasteiger partial charge in [0, 0.05) is 11.1 Å². The van der Waals surface area contributed by atoms with E-state index < -0.39 is 0 Å². The van der Waals surface area contributed by atoms with Crippen molar-refractivity contribution in [2.75, 3.05) is 0 Å². The summed E-state index contributed by atoms with van der Waals surface area (Å²) in [6, 6.07) is 0. The Kier molecular flexibility index (Phi) is 4.34. The number of thiazole rings is 1. The van der Waals surface area contributed by atoms with E-state index in [0.717, 1.165) is 23.5 Å². The van der Waals surface area contributed by atoms with E-state index in [2.05, 4.69) is 26.2 Å². The highest BCUT2D eigenvalue weighted by Gasteiger charge is 2.11. The molecule has 0 spiro atoms. The lowest BCUT2D eigenvalue weighted by Gasteiger charge is -2.06. The average molecular weight is 279 g/mol. The van der Waals surface area contributed by atoms with Crippen LogP contribution in [0, 0.1) is 0 Å². The Bertz CT molecular complexity index is 360. The molecular formula is C8H11BrN2O2S. The largest absolute Gasteiger partial charge is 0.350 e. The Morgan fingerprint density at radius 1 is 1.79 bits per heavy atom. The van der Waals surface area contributed by atoms with Gasteiger partial charge < -0.3 is 10.3 Å². The molecule has 0 aliphatic carbocycles. The maximum absolute atomic E-state index is 11.3. The van der Waals surface area contributed by atoms with E-state index in [0.29, 0.717) is 6.54 Å². The lowest BCUT2D eigenvalue weighted by atomic mass is 10.3. The number of aromatic nitrogens is 1. The van der Waals surface area contributed by atoms with Crippen LogP contribution in [0.3, 0.4) is 0 Å². The maximum atomic E-state index is 11.3. The van der Waals surface area contributed by atoms with Gasteiger partial charge in [-0.3, -0.25) is 9.59 Å². The molecule has 1 heterocycles. The fourth-order valence-electron chi connectivity index (χ4n) is 0.879. The smallest absolute Gasteiger partial charge is 0.304 e. The summed E-state index contributed by atoms with van der Waals surface area (Å²) in [5.41, 5.74) is 0.740. The van der Waals surface area contributed by atoms with Gasteiger partial charge in [-0.05, 0) is 6.42 Å². The summed E-state index contributed by atoms with van der Waals surface area (Å²) in [4.78, 5) is 24.4. The number of aromatic amines is 1. The van der Waals surface area contributed by atoms with Gasteiger partial charge in [-0.25, -0.2) is 0 Å². The standard InChI is InChI=1S/C8H11BrN2O2S/c1-2-6(9)7(12)10-3-5-4-14-8(13)11-5/h4,6H,2-3H2,1H3,(H,10,12)(H,11,13). The molecule has 0 saturated heterocycles. The van der Waals surface area contributed by atoms with Gasteiger partial charge >= 0.3 is 4.87 Å². The average Bonchev–Trinajstić information content (AvgIpc) is 2.59. The van der Waals surface area contributed by atoms with Crippen LogP contribution in [0.1, 0.15) is 19.0 Å². The summed E-state index contributed by atoms with van der Waals surface area (Å²) in [6.07, 6.45) is 0.742. The number of carbonyl (C=O) groups excluding carboxylic acids is 1. The fourth-order valence-corrected chi connectivity index (χ4v) is 1.62. The molecule has 0 saturated carbocycles. The Morgan fingerprint density at radius 3 is 3.00 bits per heavy atom. The van der Waals surface area contributed by atoms with Crippen molar-refractivity contribution < 1.29 is 4.79 Å². The Labute approximate surface area is 93.9 Å². The Hall–Kier alpha value is -0.620. The predicted molar refractivity (Wildman–Crippen MR) is 59.8 cm³/mol. The number of nitrogens with one attached hydrogen (secondary N) is 2. The summed E-state index contributed by atoms with van der Waals surface area (Å²) < 4.78 is 0. The number of amides is 1. The van der Waals surface area contributed by atoms with Crippen molar-refractivity contribution in [1.29, 1.82) is 0 Å². The first kappa shape index (κ1) is 11.5. The van der Waals surface area contributed by atoms with E-state index in [1.807, 2.05) is 6.92 Å². The van der Waals surface area contributed by atoms with Crippen LogP contribution >= 0.6 is 27.3 Å². The first-order valence-electron chi connectivity index (χ1n) is 4.22. The molecule has 14 heavy (non-hydrogen) atoms. The van der Waals surface area contributed by atoms with Gasteiger partial charge in [-0.15, -0.1) is 0 Å². The maximum Gasteiger partial charge on any atom is 0.304 e. The third-order valence-corrected chi connectivity index (χ3v) is 3.45. The highest BCUT2D eigenvalue weighted by Crippen LogP contribution is 2.04. The van der Waals surface area contributed by atoms with Crippen LogP contribution in [0.4, 0.5) is 0 Å². The van der Waals surface area contributed by atoms with Gasteiger partial charge in [0.15, 0.2) is 0 Å². The summed E-state index contributed by atoms with van der Waals surface area (Å²) in [7, 11) is 0. The summed E-state index contributed by atoms with van der Waals surface area (Å²) in [5.74, 6) is -0.0560. The first-order valence-corrected chi connectivity index (χ1v) is 6.01. The van der Waals surface area contributed by atoms with Crippen molar-refractivity contribution in [3.05, 3.63) is 20.7 Å². The Balaban J connectivity index is 2.41. The summed E-state index contributed by atoms with van der Waals surface area (Å²) in [6.45, 7) is 2.30. The molecule has 1 amide bonds. The molecule has 0 fully saturated rings. The highest BCUT2D eigenvalue weighted by atomic mass is 79.9. The monoisotopic (exact) mass is 278 g/mol. The third kappa shape index (κ3) is 3.26. The van der Waals surface area contributed by atoms with Crippen LogP contribution in [-0.4, -0.2) is 15.7 Å². The van der Waals surface area contributed by atoms with Crippen LogP contribution in [0.5, 0.6) is 0 Å². The van der Waals surface area contributed by atoms with E-state index in [9.17, 15) is 9.59 Å². The zero-order valence-electron chi connectivity index (χ0n) is 7.67. The van der Waals surface area contributed by atoms with Crippen molar-refractivity contribution in [3.8, 4) is 0 Å². The van der Waals surface area contributed by atoms with Crippen LogP contribution in [0.2, 0.25) is 0 Å². The number of H-pyrrole nitrogens is 1. The molecule has 1 aromatic heterocycles. The zero-order valence-corrected chi connectivity index (χ0v) is 10.1. The third-order valence-electron chi connectivity index (χ3n) is 1.67. The van der Waals surface area contributed by atoms with Crippen molar-refractivity contribution in [1.82, 2.24) is 10.3 Å². The molecule has 0 aliphatic rings. The van der Waals surface area contributed by atoms with E-state index in [4.69, 9.17) is 0 Å². The molecule has 0 aromatic carbocycles. The molecule has 2 N–H and O–H groups in total. The van der Waals surface area contributed by atoms with Crippen molar-refractivity contribution in [2.24, 2.45) is 0 Å². The Morgan fingerprint density at radius 2 is 2.50 bits per heavy atom. The van der Waals surface area contributed by atoms with Crippen molar-refractivity contribution >= 4 is 33.2 Å². The quantitative estimate of drug-likeness (QED) is 0.814. The first-order chi connectivity index (χ1) is 6.63. The van der Waals surface area contributed by atoms with Gasteiger partial charge in [0.05, 0.1) is 11.4 Å². The molecule has 1 atom stereocenters. The van der Waals surface area contributed by atoms with Gasteiger partial charge in [-0.1, -0.05) is 34.2 Å². The highest BCUT2D eigenvalue weighted by molar-refractivity contribution is 9.10. The lowest BCUT2D eigenvalue weighted by Crippen LogP contribution is -2.30. The summed E-state index contributed by atoms with van der Waals surface area (Å²) >= 11 is 4.34. The van der Waals surface area contributed by atoms with Crippen LogP contribution < -0.4 is 10.2 Å². The minimum atomic E-state index is -0.159. The minimum Gasteiger partial charge on any atom is -0.350 e. The molecule has 0 bridgehead atoms. The number of rotatable bonds is 4. The molecule has 1 unspecified atom stereocenters. The van der Waals surface area contributed by atoms with Gasteiger partial charge in [-0.2, -0.15) is 0 Å². The topological polar surface area (TPSA) is 62.0 Å². The number of hydrogen-bond donors (Lipinski definition) is 2. The van der Waals surface area contributed by atoms with Gasteiger partial charge in [0.2, 0.25) is 5.91 Å². The number of carbonyl (C=O) groups is 1. The molecule has 4 nitrogen and oxygen atoms in total. The molecule has 6 heteroatoms. The van der Waals surface area contributed by atoms with E-state index >= 15 is 0 Å². The van der Waals surface area contributed by atoms with Crippen molar-refractivity contribution in [3.63, 3.8) is 0 Å². The van der Waals surface area contributed by atoms with Gasteiger partial charge in [0.25, 0.3) is 0 Å². The van der Waals surface area contributed by atoms with Gasteiger partial charge in [0.1, 0.15) is 0 Å². The van der Waals surface area contributed by atoms with Crippen LogP contribution in [0.15, 0.2) is 10.2 Å². The normalized spacial score (nSPS) is 12.4. The number of halogens is 1. The molecular weight excluding hydrogens is 268 g/mol. The molecule has 1 rings (SSSR count). The number of hydrogen-bond acceptors (Lipinski definition) is 3. The molecule has 0 aliphatic heterocycles.